The van der Waals surface area contributed by atoms with Crippen molar-refractivity contribution in [1.29, 1.82) is 0 Å². The van der Waals surface area contributed by atoms with Crippen LogP contribution in [0.1, 0.15) is 23.9 Å². The average Bonchev–Trinajstić information content (AvgIpc) is 2.44. The zero-order valence-electron chi connectivity index (χ0n) is 14.3. The summed E-state index contributed by atoms with van der Waals surface area (Å²) in [7, 11) is -1.46. The van der Waals surface area contributed by atoms with Gasteiger partial charge in [-0.2, -0.15) is 13.2 Å². The molecule has 0 saturated carbocycles. The van der Waals surface area contributed by atoms with Crippen molar-refractivity contribution in [3.05, 3.63) is 29.1 Å². The van der Waals surface area contributed by atoms with Crippen molar-refractivity contribution in [1.82, 2.24) is 4.98 Å². The van der Waals surface area contributed by atoms with Gasteiger partial charge in [0.2, 0.25) is 0 Å². The number of carbonyl (C=O) groups excluding carboxylic acids is 1. The van der Waals surface area contributed by atoms with Crippen LogP contribution in [-0.4, -0.2) is 36.5 Å². The van der Waals surface area contributed by atoms with Gasteiger partial charge in [-0.15, -0.1) is 11.8 Å². The van der Waals surface area contributed by atoms with E-state index in [-0.39, 0.29) is 11.3 Å². The van der Waals surface area contributed by atoms with Crippen LogP contribution in [0, 0.1) is 0 Å². The largest absolute Gasteiger partial charge is 0.461 e. The van der Waals surface area contributed by atoms with E-state index in [1.807, 2.05) is 0 Å². The minimum Gasteiger partial charge on any atom is -0.461 e. The summed E-state index contributed by atoms with van der Waals surface area (Å²) in [6, 6.07) is 2.77. The van der Waals surface area contributed by atoms with Crippen LogP contribution >= 0.6 is 11.8 Å². The zero-order chi connectivity index (χ0) is 18.5. The highest BCUT2D eigenvalue weighted by atomic mass is 32.2. The third-order valence-electron chi connectivity index (χ3n) is 2.79. The van der Waals surface area contributed by atoms with Crippen LogP contribution in [0.15, 0.2) is 17.1 Å². The van der Waals surface area contributed by atoms with E-state index >= 15 is 0 Å². The quantitative estimate of drug-likeness (QED) is 0.334. The van der Waals surface area contributed by atoms with E-state index in [0.29, 0.717) is 11.2 Å². The summed E-state index contributed by atoms with van der Waals surface area (Å²) in [5.41, 5.74) is -1.04. The molecule has 0 spiro atoms. The second-order valence-corrected chi connectivity index (χ2v) is 12.6. The van der Waals surface area contributed by atoms with Crippen LogP contribution in [0.3, 0.4) is 0 Å². The average molecular weight is 378 g/mol. The van der Waals surface area contributed by atoms with E-state index in [2.05, 4.69) is 34.4 Å². The van der Waals surface area contributed by atoms with Gasteiger partial charge in [0, 0.05) is 18.7 Å². The summed E-state index contributed by atoms with van der Waals surface area (Å²) in [4.78, 5) is 19.0. The fourth-order valence-electron chi connectivity index (χ4n) is 1.71. The van der Waals surface area contributed by atoms with E-state index in [4.69, 9.17) is 0 Å². The standard InChI is InChI=1S/C15H21F3N2O2SSi/c1-10(21)22-8-11-6-7-12(20-13(11)15(16,17)18)14(23-2)19-9-24(3,4)5/h6-7H,8-9H2,1-5H3. The molecule has 24 heavy (non-hydrogen) atoms. The van der Waals surface area contributed by atoms with Gasteiger partial charge in [0.1, 0.15) is 11.7 Å². The zero-order valence-corrected chi connectivity index (χ0v) is 16.1. The number of alkyl halides is 3. The maximum Gasteiger partial charge on any atom is 0.433 e. The van der Waals surface area contributed by atoms with Crippen molar-refractivity contribution in [2.24, 2.45) is 4.99 Å². The molecule has 0 amide bonds. The first-order valence-corrected chi connectivity index (χ1v) is 12.2. The van der Waals surface area contributed by atoms with Crippen LogP contribution < -0.4 is 0 Å². The maximum absolute atomic E-state index is 13.3. The van der Waals surface area contributed by atoms with Crippen LogP contribution in [0.2, 0.25) is 19.6 Å². The van der Waals surface area contributed by atoms with Gasteiger partial charge >= 0.3 is 12.1 Å². The number of hydrogen-bond donors (Lipinski definition) is 0. The number of halogens is 3. The number of pyridine rings is 1. The summed E-state index contributed by atoms with van der Waals surface area (Å²) in [6.07, 6.45) is -2.26. The molecule has 134 valence electrons. The molecule has 0 bridgehead atoms. The van der Waals surface area contributed by atoms with Crippen LogP contribution in [0.4, 0.5) is 13.2 Å². The molecule has 0 saturated heterocycles. The molecule has 0 aromatic carbocycles. The SMILES string of the molecule is CSC(=NC[Si](C)(C)C)c1ccc(COC(C)=O)c(C(F)(F)F)n1. The van der Waals surface area contributed by atoms with Gasteiger partial charge in [0.25, 0.3) is 0 Å². The fraction of sp³-hybridized carbons (Fsp3) is 0.533. The number of aliphatic imine (C=N–C) groups is 1. The minimum absolute atomic E-state index is 0.174. The van der Waals surface area contributed by atoms with Crippen molar-refractivity contribution < 1.29 is 22.7 Å². The van der Waals surface area contributed by atoms with Crippen LogP contribution in [0.25, 0.3) is 0 Å². The third-order valence-corrected chi connectivity index (χ3v) is 4.62. The lowest BCUT2D eigenvalue weighted by Crippen LogP contribution is -2.25. The van der Waals surface area contributed by atoms with Crippen molar-refractivity contribution in [2.45, 2.75) is 39.3 Å². The number of esters is 1. The van der Waals surface area contributed by atoms with Crippen LogP contribution in [-0.2, 0) is 22.3 Å². The Bertz CT molecular complexity index is 628. The molecule has 1 aromatic heterocycles. The predicted molar refractivity (Wildman–Crippen MR) is 93.0 cm³/mol. The molecule has 0 aliphatic rings. The highest BCUT2D eigenvalue weighted by molar-refractivity contribution is 8.13. The highest BCUT2D eigenvalue weighted by Crippen LogP contribution is 2.31. The van der Waals surface area contributed by atoms with Crippen molar-refractivity contribution in [3.63, 3.8) is 0 Å². The lowest BCUT2D eigenvalue weighted by atomic mass is 10.1. The van der Waals surface area contributed by atoms with E-state index < -0.39 is 32.5 Å². The molecule has 0 atom stereocenters. The maximum atomic E-state index is 13.3. The molecule has 1 aromatic rings. The molecule has 1 rings (SSSR count). The molecule has 0 aliphatic carbocycles. The van der Waals surface area contributed by atoms with Gasteiger partial charge < -0.3 is 4.74 Å². The van der Waals surface area contributed by atoms with Crippen LogP contribution in [0.5, 0.6) is 0 Å². The lowest BCUT2D eigenvalue weighted by Gasteiger charge is -2.15. The molecule has 0 N–H and O–H groups in total. The minimum atomic E-state index is -4.63. The fourth-order valence-corrected chi connectivity index (χ4v) is 2.97. The van der Waals surface area contributed by atoms with Crippen molar-refractivity contribution >= 4 is 30.8 Å². The van der Waals surface area contributed by atoms with Gasteiger partial charge in [-0.05, 0) is 12.3 Å². The Morgan fingerprint density at radius 2 is 1.96 bits per heavy atom. The summed E-state index contributed by atoms with van der Waals surface area (Å²) in [6.45, 7) is 7.07. The topological polar surface area (TPSA) is 51.5 Å². The molecule has 1 heterocycles. The normalized spacial score (nSPS) is 13.1. The number of aromatic nitrogens is 1. The highest BCUT2D eigenvalue weighted by Gasteiger charge is 2.36. The molecule has 0 unspecified atom stereocenters. The molecule has 0 aliphatic heterocycles. The van der Waals surface area contributed by atoms with Gasteiger partial charge in [-0.25, -0.2) is 4.98 Å². The summed E-state index contributed by atoms with van der Waals surface area (Å²) in [5.74, 6) is -0.645. The first kappa shape index (κ1) is 20.7. The first-order valence-electron chi connectivity index (χ1n) is 7.23. The number of nitrogens with zero attached hydrogens (tertiary/aromatic N) is 2. The second kappa shape index (κ2) is 8.15. The Morgan fingerprint density at radius 3 is 2.42 bits per heavy atom. The number of carbonyl (C=O) groups is 1. The van der Waals surface area contributed by atoms with Crippen molar-refractivity contribution in [3.8, 4) is 0 Å². The summed E-state index contributed by atoms with van der Waals surface area (Å²) < 4.78 is 44.4. The number of ether oxygens (including phenoxy) is 1. The van der Waals surface area contributed by atoms with Gasteiger partial charge in [0.15, 0.2) is 5.69 Å². The molecular weight excluding hydrogens is 357 g/mol. The Hall–Kier alpha value is -1.35. The smallest absolute Gasteiger partial charge is 0.433 e. The molecule has 0 fully saturated rings. The van der Waals surface area contributed by atoms with E-state index in [1.54, 1.807) is 6.26 Å². The molecule has 4 nitrogen and oxygen atoms in total. The summed E-state index contributed by atoms with van der Waals surface area (Å²) >= 11 is 1.26. The molecule has 0 radical (unpaired) electrons. The molecule has 9 heteroatoms. The predicted octanol–water partition coefficient (Wildman–Crippen LogP) is 4.15. The Morgan fingerprint density at radius 1 is 1.33 bits per heavy atom. The van der Waals surface area contributed by atoms with E-state index in [9.17, 15) is 18.0 Å². The second-order valence-electron chi connectivity index (χ2n) is 6.37. The number of hydrogen-bond acceptors (Lipinski definition) is 5. The molecular formula is C15H21F3N2O2SSi. The van der Waals surface area contributed by atoms with Gasteiger partial charge in [-0.1, -0.05) is 25.7 Å². The van der Waals surface area contributed by atoms with E-state index in [0.717, 1.165) is 6.92 Å². The summed E-state index contributed by atoms with van der Waals surface area (Å²) in [5, 5.41) is 0.474. The van der Waals surface area contributed by atoms with Gasteiger partial charge in [0.05, 0.1) is 13.8 Å². The Balaban J connectivity index is 3.24. The Kier molecular flexibility index (Phi) is 7.03. The lowest BCUT2D eigenvalue weighted by molar-refractivity contribution is -0.147. The monoisotopic (exact) mass is 378 g/mol. The van der Waals surface area contributed by atoms with Crippen molar-refractivity contribution in [2.75, 3.05) is 12.4 Å². The number of thioether (sulfide) groups is 1. The van der Waals surface area contributed by atoms with E-state index in [1.165, 1.54) is 23.9 Å². The number of rotatable bonds is 5. The first-order chi connectivity index (χ1) is 10.9. The van der Waals surface area contributed by atoms with Gasteiger partial charge in [-0.3, -0.25) is 9.79 Å². The third kappa shape index (κ3) is 6.64. The Labute approximate surface area is 144 Å².